The molecule has 2 rings (SSSR count). The van der Waals surface area contributed by atoms with Gasteiger partial charge in [-0.1, -0.05) is 0 Å². The molecule has 0 aromatic heterocycles. The van der Waals surface area contributed by atoms with E-state index in [0.717, 1.165) is 0 Å². The quantitative estimate of drug-likeness (QED) is 0.521. The predicted octanol–water partition coefficient (Wildman–Crippen LogP) is 3.76. The van der Waals surface area contributed by atoms with Crippen molar-refractivity contribution in [2.45, 2.75) is 42.6 Å². The fraction of sp³-hybridized carbons (Fsp3) is 0.778. The number of hydrogen-bond acceptors (Lipinski definition) is 4. The van der Waals surface area contributed by atoms with E-state index in [4.69, 9.17) is 0 Å². The molecule has 0 saturated carbocycles. The summed E-state index contributed by atoms with van der Waals surface area (Å²) in [4.78, 5) is -3.00. The zero-order valence-electron chi connectivity index (χ0n) is 10.9. The van der Waals surface area contributed by atoms with Gasteiger partial charge >= 0.3 is 36.3 Å². The van der Waals surface area contributed by atoms with Crippen molar-refractivity contribution in [2.75, 3.05) is 0 Å². The summed E-state index contributed by atoms with van der Waals surface area (Å²) in [6.07, 6.45) is -24.6. The zero-order valence-corrected chi connectivity index (χ0v) is 10.9. The minimum Gasteiger partial charge on any atom is -0.446 e. The van der Waals surface area contributed by atoms with Crippen molar-refractivity contribution >= 4 is 0 Å². The highest BCUT2D eigenvalue weighted by Gasteiger charge is 2.87. The molecular formula is C9H3F12NO3. The molecule has 4 nitrogen and oxygen atoms in total. The van der Waals surface area contributed by atoms with Crippen LogP contribution in [0.15, 0.2) is 12.5 Å². The molecule has 1 atom stereocenters. The van der Waals surface area contributed by atoms with Gasteiger partial charge in [0.25, 0.3) is 6.30 Å². The molecule has 2 aliphatic rings. The molecule has 0 aromatic rings. The smallest absolute Gasteiger partial charge is 0.446 e. The summed E-state index contributed by atoms with van der Waals surface area (Å²) < 4.78 is 167. The molecule has 0 bridgehead atoms. The number of halogens is 12. The van der Waals surface area contributed by atoms with Gasteiger partial charge in [-0.3, -0.25) is 0 Å². The van der Waals surface area contributed by atoms with Crippen LogP contribution in [0.2, 0.25) is 0 Å². The Balaban J connectivity index is 2.63. The predicted molar refractivity (Wildman–Crippen MR) is 47.7 cm³/mol. The van der Waals surface area contributed by atoms with E-state index in [1.165, 1.54) is 0 Å². The molecule has 2 heterocycles. The van der Waals surface area contributed by atoms with Gasteiger partial charge in [0.05, 0.1) is 0 Å². The Bertz CT molecular complexity index is 539. The van der Waals surface area contributed by atoms with Crippen LogP contribution >= 0.6 is 0 Å². The first-order valence-corrected chi connectivity index (χ1v) is 5.66. The highest BCUT2D eigenvalue weighted by molar-refractivity contribution is 5.03. The lowest BCUT2D eigenvalue weighted by Crippen LogP contribution is -2.78. The number of morpholine rings is 1. The summed E-state index contributed by atoms with van der Waals surface area (Å²) in [6.45, 7) is 0. The third-order valence-corrected chi connectivity index (χ3v) is 3.04. The lowest BCUT2D eigenvalue weighted by atomic mass is 10.1. The van der Waals surface area contributed by atoms with Crippen LogP contribution in [0.25, 0.3) is 0 Å². The Kier molecular flexibility index (Phi) is 3.94. The van der Waals surface area contributed by atoms with Crippen molar-refractivity contribution in [2.24, 2.45) is 0 Å². The second-order valence-corrected chi connectivity index (χ2v) is 4.60. The van der Waals surface area contributed by atoms with Gasteiger partial charge in [-0.15, -0.1) is 4.90 Å². The fourth-order valence-corrected chi connectivity index (χ4v) is 1.86. The maximum atomic E-state index is 14.1. The molecule has 16 heteroatoms. The summed E-state index contributed by atoms with van der Waals surface area (Å²) in [6, 6.07) is -13.3. The molecule has 146 valence electrons. The van der Waals surface area contributed by atoms with E-state index in [1.54, 1.807) is 0 Å². The third-order valence-electron chi connectivity index (χ3n) is 3.04. The molecule has 25 heavy (non-hydrogen) atoms. The highest BCUT2D eigenvalue weighted by atomic mass is 19.4. The molecule has 1 unspecified atom stereocenters. The molecular weight excluding hydrogens is 398 g/mol. The van der Waals surface area contributed by atoms with Crippen molar-refractivity contribution in [3.8, 4) is 0 Å². The van der Waals surface area contributed by atoms with Gasteiger partial charge in [0.1, 0.15) is 12.5 Å². The summed E-state index contributed by atoms with van der Waals surface area (Å²) in [7, 11) is 0. The topological polar surface area (TPSA) is 30.9 Å². The molecule has 0 N–H and O–H groups in total. The molecule has 0 radical (unpaired) electrons. The van der Waals surface area contributed by atoms with Crippen LogP contribution in [0.5, 0.6) is 0 Å². The second kappa shape index (κ2) is 4.99. The third kappa shape index (κ3) is 2.40. The minimum absolute atomic E-state index is 0.146. The largest absolute Gasteiger partial charge is 0.472 e. The van der Waals surface area contributed by atoms with Crippen LogP contribution < -0.4 is 0 Å². The Morgan fingerprint density at radius 1 is 0.760 bits per heavy atom. The number of alkyl halides is 12. The average Bonchev–Trinajstić information content (AvgIpc) is 2.84. The van der Waals surface area contributed by atoms with Gasteiger partial charge in [0, 0.05) is 0 Å². The molecule has 0 spiro atoms. The number of rotatable bonds is 2. The molecule has 0 aromatic carbocycles. The Hall–Kier alpha value is -1.58. The monoisotopic (exact) mass is 401 g/mol. The average molecular weight is 401 g/mol. The van der Waals surface area contributed by atoms with Gasteiger partial charge in [-0.25, -0.2) is 9.13 Å². The lowest BCUT2D eigenvalue weighted by Gasteiger charge is -2.49. The van der Waals surface area contributed by atoms with Gasteiger partial charge in [0.15, 0.2) is 0 Å². The highest BCUT2D eigenvalue weighted by Crippen LogP contribution is 2.59. The molecule has 2 aliphatic heterocycles. The van der Waals surface area contributed by atoms with Gasteiger partial charge in [0.2, 0.25) is 0 Å². The fourth-order valence-electron chi connectivity index (χ4n) is 1.86. The van der Waals surface area contributed by atoms with Gasteiger partial charge < -0.3 is 9.47 Å². The van der Waals surface area contributed by atoms with Crippen LogP contribution in [0.4, 0.5) is 52.7 Å². The van der Waals surface area contributed by atoms with Crippen molar-refractivity contribution in [1.82, 2.24) is 4.90 Å². The van der Waals surface area contributed by atoms with Crippen LogP contribution in [-0.4, -0.2) is 47.5 Å². The number of hydrogen-bond donors (Lipinski definition) is 0. The second-order valence-electron chi connectivity index (χ2n) is 4.60. The summed E-state index contributed by atoms with van der Waals surface area (Å²) in [5, 5.41) is 0. The Morgan fingerprint density at radius 2 is 1.12 bits per heavy atom. The van der Waals surface area contributed by atoms with Gasteiger partial charge in [-0.05, 0) is 0 Å². The Labute approximate surface area is 128 Å². The molecule has 0 aliphatic carbocycles. The summed E-state index contributed by atoms with van der Waals surface area (Å²) in [5.74, 6) is -5.04. The first kappa shape index (κ1) is 19.7. The Morgan fingerprint density at radius 3 is 1.44 bits per heavy atom. The van der Waals surface area contributed by atoms with Crippen molar-refractivity contribution in [3.05, 3.63) is 12.5 Å². The molecule has 1 saturated heterocycles. The van der Waals surface area contributed by atoms with E-state index in [9.17, 15) is 52.7 Å². The first-order chi connectivity index (χ1) is 10.9. The zero-order chi connectivity index (χ0) is 19.7. The molecule has 0 amide bonds. The lowest BCUT2D eigenvalue weighted by molar-refractivity contribution is -0.580. The van der Waals surface area contributed by atoms with Gasteiger partial charge in [-0.2, -0.15) is 48.3 Å². The molecule has 1 fully saturated rings. The van der Waals surface area contributed by atoms with E-state index in [0.29, 0.717) is 0 Å². The van der Waals surface area contributed by atoms with Crippen LogP contribution in [0, 0.1) is 0 Å². The van der Waals surface area contributed by atoms with Crippen molar-refractivity contribution < 1.29 is 66.9 Å². The van der Waals surface area contributed by atoms with Crippen LogP contribution in [0.1, 0.15) is 0 Å². The van der Waals surface area contributed by atoms with E-state index >= 15 is 0 Å². The maximum absolute atomic E-state index is 14.1. The summed E-state index contributed by atoms with van der Waals surface area (Å²) in [5.41, 5.74) is 0. The van der Waals surface area contributed by atoms with Crippen molar-refractivity contribution in [3.63, 3.8) is 0 Å². The number of ether oxygens (including phenoxy) is 3. The minimum atomic E-state index is -6.66. The van der Waals surface area contributed by atoms with E-state index in [-0.39, 0.29) is 12.5 Å². The SMILES string of the molecule is FC(N1C(F)(F)C(F)(F)OC(F)(F)C1(F)F)C1(C(F)(F)F)OC=CO1. The van der Waals surface area contributed by atoms with E-state index in [1.807, 2.05) is 4.74 Å². The van der Waals surface area contributed by atoms with E-state index in [2.05, 4.69) is 9.47 Å². The standard InChI is InChI=1S/C9H3F12NO3/c10-3(4(5(11,12)13)23-1-2-24-4)22-6(14,15)8(18,19)25-9(20,21)7(22,16)17/h1-3H. The maximum Gasteiger partial charge on any atom is 0.472 e. The normalized spacial score (nSPS) is 30.4. The van der Waals surface area contributed by atoms with E-state index < -0.39 is 47.5 Å². The van der Waals surface area contributed by atoms with Crippen LogP contribution in [-0.2, 0) is 14.2 Å². The number of nitrogens with zero attached hydrogens (tertiary/aromatic N) is 1. The van der Waals surface area contributed by atoms with Crippen molar-refractivity contribution in [1.29, 1.82) is 0 Å². The van der Waals surface area contributed by atoms with Crippen LogP contribution in [0.3, 0.4) is 0 Å². The summed E-state index contributed by atoms with van der Waals surface area (Å²) >= 11 is 0. The first-order valence-electron chi connectivity index (χ1n) is 5.66.